The summed E-state index contributed by atoms with van der Waals surface area (Å²) in [6.45, 7) is 0. The molecule has 0 amide bonds. The zero-order valence-electron chi connectivity index (χ0n) is 6.80. The van der Waals surface area contributed by atoms with Crippen molar-refractivity contribution in [3.63, 3.8) is 0 Å². The van der Waals surface area contributed by atoms with Gasteiger partial charge in [-0.3, -0.25) is 10.1 Å². The predicted octanol–water partition coefficient (Wildman–Crippen LogP) is 2.80. The zero-order valence-corrected chi connectivity index (χ0v) is 8.51. The molecule has 14 heavy (non-hydrogen) atoms. The topological polar surface area (TPSA) is 63.4 Å². The number of fused-ring (bicyclic) bond motifs is 1. The van der Waals surface area contributed by atoms with E-state index in [1.165, 1.54) is 12.1 Å². The molecule has 0 saturated heterocycles. The Morgan fingerprint density at radius 1 is 1.43 bits per heavy atom. The Hall–Kier alpha value is -1.27. The molecule has 0 fully saturated rings. The lowest BCUT2D eigenvalue weighted by molar-refractivity contribution is -0.380. The van der Waals surface area contributed by atoms with E-state index in [1.807, 2.05) is 0 Å². The average molecular weight is 227 g/mol. The van der Waals surface area contributed by atoms with E-state index in [9.17, 15) is 15.2 Å². The molecule has 4 nitrogen and oxygen atoms in total. The highest BCUT2D eigenvalue weighted by atomic mass is 32.1. The molecule has 0 aliphatic rings. The molecule has 1 aromatic carbocycles. The summed E-state index contributed by atoms with van der Waals surface area (Å²) in [5.41, 5.74) is 0. The summed E-state index contributed by atoms with van der Waals surface area (Å²) in [4.78, 5) is 10.6. The third-order valence-corrected chi connectivity index (χ3v) is 3.06. The summed E-state index contributed by atoms with van der Waals surface area (Å²) < 4.78 is 0.668. The molecule has 0 aliphatic heterocycles. The first-order chi connectivity index (χ1) is 6.58. The summed E-state index contributed by atoms with van der Waals surface area (Å²) in [6.07, 6.45) is 0. The van der Waals surface area contributed by atoms with Crippen molar-refractivity contribution in [2.45, 2.75) is 4.90 Å². The first kappa shape index (κ1) is 9.29. The second-order valence-corrected chi connectivity index (χ2v) is 4.30. The summed E-state index contributed by atoms with van der Waals surface area (Å²) in [6, 6.07) is 4.51. The van der Waals surface area contributed by atoms with Crippen molar-refractivity contribution < 1.29 is 10.0 Å². The molecule has 1 aromatic heterocycles. The second-order valence-electron chi connectivity index (χ2n) is 2.72. The van der Waals surface area contributed by atoms with Gasteiger partial charge in [0.2, 0.25) is 0 Å². The van der Waals surface area contributed by atoms with Gasteiger partial charge in [0.1, 0.15) is 5.75 Å². The Kier molecular flexibility index (Phi) is 2.09. The van der Waals surface area contributed by atoms with Crippen molar-refractivity contribution in [2.24, 2.45) is 0 Å². The van der Waals surface area contributed by atoms with E-state index in [-0.39, 0.29) is 10.8 Å². The Morgan fingerprint density at radius 2 is 2.14 bits per heavy atom. The predicted molar refractivity (Wildman–Crippen MR) is 57.4 cm³/mol. The van der Waals surface area contributed by atoms with Gasteiger partial charge in [0.05, 0.1) is 4.92 Å². The second kappa shape index (κ2) is 3.14. The number of rotatable bonds is 1. The van der Waals surface area contributed by atoms with Crippen LogP contribution < -0.4 is 0 Å². The van der Waals surface area contributed by atoms with Crippen molar-refractivity contribution in [2.75, 3.05) is 0 Å². The summed E-state index contributed by atoms with van der Waals surface area (Å²) in [7, 11) is 0. The highest BCUT2D eigenvalue weighted by Crippen LogP contribution is 2.37. The van der Waals surface area contributed by atoms with Crippen LogP contribution in [-0.4, -0.2) is 10.0 Å². The van der Waals surface area contributed by atoms with E-state index in [0.717, 1.165) is 11.3 Å². The number of nitro groups is 1. The molecule has 0 bridgehead atoms. The first-order valence-corrected chi connectivity index (χ1v) is 4.94. The maximum absolute atomic E-state index is 10.5. The van der Waals surface area contributed by atoms with Crippen LogP contribution in [0.5, 0.6) is 5.75 Å². The molecule has 2 rings (SSSR count). The van der Waals surface area contributed by atoms with Crippen molar-refractivity contribution in [3.8, 4) is 5.75 Å². The van der Waals surface area contributed by atoms with Crippen molar-refractivity contribution in [1.29, 1.82) is 0 Å². The smallest absolute Gasteiger partial charge is 0.325 e. The Labute approximate surface area is 88.4 Å². The fourth-order valence-corrected chi connectivity index (χ4v) is 2.46. The van der Waals surface area contributed by atoms with E-state index >= 15 is 0 Å². The Bertz CT molecular complexity index is 521. The van der Waals surface area contributed by atoms with Crippen LogP contribution in [0.3, 0.4) is 0 Å². The molecule has 0 saturated carbocycles. The SMILES string of the molecule is O=[N+]([O-])c1cc2c(O)cc(S)cc2s1. The van der Waals surface area contributed by atoms with Gasteiger partial charge in [0.25, 0.3) is 0 Å². The molecule has 0 unspecified atom stereocenters. The van der Waals surface area contributed by atoms with Gasteiger partial charge >= 0.3 is 5.00 Å². The van der Waals surface area contributed by atoms with E-state index < -0.39 is 4.92 Å². The molecule has 0 aliphatic carbocycles. The van der Waals surface area contributed by atoms with Crippen LogP contribution in [0.4, 0.5) is 5.00 Å². The molecule has 1 heterocycles. The summed E-state index contributed by atoms with van der Waals surface area (Å²) >= 11 is 5.09. The van der Waals surface area contributed by atoms with Crippen LogP contribution in [0.2, 0.25) is 0 Å². The van der Waals surface area contributed by atoms with Gasteiger partial charge in [0.15, 0.2) is 0 Å². The number of thiol groups is 1. The fraction of sp³-hybridized carbons (Fsp3) is 0. The maximum atomic E-state index is 10.5. The number of hydrogen-bond donors (Lipinski definition) is 2. The van der Waals surface area contributed by atoms with Gasteiger partial charge in [-0.2, -0.15) is 0 Å². The largest absolute Gasteiger partial charge is 0.507 e. The maximum Gasteiger partial charge on any atom is 0.325 e. The molecule has 0 spiro atoms. The third-order valence-electron chi connectivity index (χ3n) is 1.77. The van der Waals surface area contributed by atoms with Gasteiger partial charge in [0, 0.05) is 21.0 Å². The number of nitrogens with zero attached hydrogens (tertiary/aromatic N) is 1. The number of thiophene rings is 1. The molecular formula is C8H5NO3S2. The normalized spacial score (nSPS) is 10.6. The minimum atomic E-state index is -0.470. The minimum absolute atomic E-state index is 0.0224. The van der Waals surface area contributed by atoms with Crippen LogP contribution >= 0.6 is 24.0 Å². The Balaban J connectivity index is 2.76. The van der Waals surface area contributed by atoms with Gasteiger partial charge in [-0.25, -0.2) is 0 Å². The van der Waals surface area contributed by atoms with Crippen LogP contribution in [-0.2, 0) is 0 Å². The van der Waals surface area contributed by atoms with E-state index in [0.29, 0.717) is 15.0 Å². The van der Waals surface area contributed by atoms with Crippen LogP contribution in [0.15, 0.2) is 23.1 Å². The number of phenolic OH excluding ortho intramolecular Hbond substituents is 1. The van der Waals surface area contributed by atoms with Crippen molar-refractivity contribution >= 4 is 39.1 Å². The Morgan fingerprint density at radius 3 is 2.79 bits per heavy atom. The number of benzene rings is 1. The monoisotopic (exact) mass is 227 g/mol. The van der Waals surface area contributed by atoms with E-state index in [2.05, 4.69) is 12.6 Å². The highest BCUT2D eigenvalue weighted by Gasteiger charge is 2.13. The van der Waals surface area contributed by atoms with Crippen molar-refractivity contribution in [1.82, 2.24) is 0 Å². The van der Waals surface area contributed by atoms with E-state index in [4.69, 9.17) is 0 Å². The van der Waals surface area contributed by atoms with E-state index in [1.54, 1.807) is 6.07 Å². The van der Waals surface area contributed by atoms with Gasteiger partial charge in [-0.15, -0.1) is 12.6 Å². The average Bonchev–Trinajstić information content (AvgIpc) is 2.47. The molecular weight excluding hydrogens is 222 g/mol. The quantitative estimate of drug-likeness (QED) is 0.447. The lowest BCUT2D eigenvalue weighted by Crippen LogP contribution is -1.80. The minimum Gasteiger partial charge on any atom is -0.507 e. The zero-order chi connectivity index (χ0) is 10.3. The molecule has 0 atom stereocenters. The third kappa shape index (κ3) is 1.42. The number of hydrogen-bond acceptors (Lipinski definition) is 5. The lowest BCUT2D eigenvalue weighted by atomic mass is 10.2. The summed E-state index contributed by atoms with van der Waals surface area (Å²) in [5, 5.41) is 20.5. The summed E-state index contributed by atoms with van der Waals surface area (Å²) in [5.74, 6) is 0.0249. The van der Waals surface area contributed by atoms with Gasteiger partial charge < -0.3 is 5.11 Å². The standard InChI is InChI=1S/C8H5NO3S2/c10-6-1-4(13)2-7-5(6)3-8(14-7)9(11)12/h1-3,10,13H. The molecule has 6 heteroatoms. The van der Waals surface area contributed by atoms with Crippen molar-refractivity contribution in [3.05, 3.63) is 28.3 Å². The van der Waals surface area contributed by atoms with Crippen LogP contribution in [0.1, 0.15) is 0 Å². The lowest BCUT2D eigenvalue weighted by Gasteiger charge is -1.94. The first-order valence-electron chi connectivity index (χ1n) is 3.68. The van der Waals surface area contributed by atoms with Gasteiger partial charge in [-0.05, 0) is 12.1 Å². The van der Waals surface area contributed by atoms with Crippen LogP contribution in [0, 0.1) is 10.1 Å². The molecule has 0 radical (unpaired) electrons. The fourth-order valence-electron chi connectivity index (χ4n) is 1.18. The molecule has 2 aromatic rings. The van der Waals surface area contributed by atoms with Gasteiger partial charge in [-0.1, -0.05) is 11.3 Å². The van der Waals surface area contributed by atoms with Crippen LogP contribution in [0.25, 0.3) is 10.1 Å². The molecule has 1 N–H and O–H groups in total. The highest BCUT2D eigenvalue weighted by molar-refractivity contribution is 7.80. The molecule has 72 valence electrons. The number of aromatic hydroxyl groups is 1. The number of phenols is 1.